The van der Waals surface area contributed by atoms with E-state index in [4.69, 9.17) is 17.3 Å². The van der Waals surface area contributed by atoms with Gasteiger partial charge in [-0.1, -0.05) is 29.8 Å². The minimum Gasteiger partial charge on any atom is -0.399 e. The van der Waals surface area contributed by atoms with Crippen molar-refractivity contribution in [3.8, 4) is 0 Å². The Bertz CT molecular complexity index is 579. The van der Waals surface area contributed by atoms with Crippen molar-refractivity contribution in [3.05, 3.63) is 64.4 Å². The third kappa shape index (κ3) is 3.23. The molecule has 3 nitrogen and oxygen atoms in total. The molecule has 2 rings (SSSR count). The summed E-state index contributed by atoms with van der Waals surface area (Å²) in [5, 5.41) is 2.70. The fourth-order valence-electron chi connectivity index (χ4n) is 1.62. The number of carbonyl (C=O) groups excluding carboxylic acids is 1. The first-order valence-electron chi connectivity index (χ1n) is 5.64. The van der Waals surface area contributed by atoms with Crippen LogP contribution in [0.3, 0.4) is 0 Å². The summed E-state index contributed by atoms with van der Waals surface area (Å²) in [5.74, 6) is -1.18. The summed E-state index contributed by atoms with van der Waals surface area (Å²) in [5.41, 5.74) is 6.94. The third-order valence-electron chi connectivity index (χ3n) is 2.62. The number of benzene rings is 2. The van der Waals surface area contributed by atoms with E-state index in [9.17, 15) is 9.18 Å². The van der Waals surface area contributed by atoms with Gasteiger partial charge < -0.3 is 11.1 Å². The Morgan fingerprint density at radius 2 is 1.89 bits per heavy atom. The molecule has 0 heterocycles. The zero-order chi connectivity index (χ0) is 13.8. The Labute approximate surface area is 115 Å². The van der Waals surface area contributed by atoms with Crippen LogP contribution in [0.25, 0.3) is 0 Å². The van der Waals surface area contributed by atoms with Crippen LogP contribution in [0.2, 0.25) is 5.02 Å². The second-order valence-corrected chi connectivity index (χ2v) is 4.43. The fraction of sp³-hybridized carbons (Fsp3) is 0.0714. The lowest BCUT2D eigenvalue weighted by atomic mass is 10.1. The van der Waals surface area contributed by atoms with E-state index in [0.717, 1.165) is 5.56 Å². The average Bonchev–Trinajstić information content (AvgIpc) is 2.38. The molecule has 0 saturated heterocycles. The smallest absolute Gasteiger partial charge is 0.256 e. The molecule has 2 aromatic carbocycles. The lowest BCUT2D eigenvalue weighted by Crippen LogP contribution is -2.24. The number of nitrogen functional groups attached to an aromatic ring is 1. The molecule has 0 bridgehead atoms. The van der Waals surface area contributed by atoms with Crippen LogP contribution < -0.4 is 11.1 Å². The van der Waals surface area contributed by atoms with Crippen molar-refractivity contribution in [2.24, 2.45) is 0 Å². The quantitative estimate of drug-likeness (QED) is 0.848. The molecular formula is C14H12ClFN2O. The Morgan fingerprint density at radius 3 is 2.53 bits per heavy atom. The molecule has 0 radical (unpaired) electrons. The van der Waals surface area contributed by atoms with Crippen LogP contribution >= 0.6 is 11.6 Å². The summed E-state index contributed by atoms with van der Waals surface area (Å²) in [4.78, 5) is 11.9. The van der Waals surface area contributed by atoms with Gasteiger partial charge in [-0.05, 0) is 29.8 Å². The number of carbonyl (C=O) groups is 1. The number of halogens is 2. The monoisotopic (exact) mass is 278 g/mol. The maximum absolute atomic E-state index is 13.5. The molecule has 0 aliphatic heterocycles. The SMILES string of the molecule is Nc1ccc(CNC(=O)c2c(F)cccc2Cl)cc1. The van der Waals surface area contributed by atoms with E-state index in [1.807, 2.05) is 0 Å². The predicted molar refractivity (Wildman–Crippen MR) is 73.4 cm³/mol. The van der Waals surface area contributed by atoms with E-state index in [-0.39, 0.29) is 17.1 Å². The summed E-state index contributed by atoms with van der Waals surface area (Å²) >= 11 is 5.81. The van der Waals surface area contributed by atoms with Gasteiger partial charge in [-0.3, -0.25) is 4.79 Å². The highest BCUT2D eigenvalue weighted by molar-refractivity contribution is 6.33. The van der Waals surface area contributed by atoms with Gasteiger partial charge in [-0.15, -0.1) is 0 Å². The van der Waals surface area contributed by atoms with Gasteiger partial charge in [0.25, 0.3) is 5.91 Å². The number of nitrogens with two attached hydrogens (primary N) is 1. The van der Waals surface area contributed by atoms with Gasteiger partial charge in [0.15, 0.2) is 0 Å². The van der Waals surface area contributed by atoms with E-state index < -0.39 is 11.7 Å². The van der Waals surface area contributed by atoms with E-state index in [0.29, 0.717) is 5.69 Å². The first-order valence-corrected chi connectivity index (χ1v) is 6.02. The molecule has 0 aromatic heterocycles. The standard InChI is InChI=1S/C14H12ClFN2O/c15-11-2-1-3-12(16)13(11)14(19)18-8-9-4-6-10(17)7-5-9/h1-7H,8,17H2,(H,18,19). The maximum Gasteiger partial charge on any atom is 0.256 e. The molecule has 0 aliphatic carbocycles. The maximum atomic E-state index is 13.5. The Morgan fingerprint density at radius 1 is 1.21 bits per heavy atom. The first-order chi connectivity index (χ1) is 9.08. The van der Waals surface area contributed by atoms with E-state index >= 15 is 0 Å². The summed E-state index contributed by atoms with van der Waals surface area (Å²) in [6.45, 7) is 0.282. The third-order valence-corrected chi connectivity index (χ3v) is 2.94. The van der Waals surface area contributed by atoms with Crippen molar-refractivity contribution in [2.75, 3.05) is 5.73 Å². The van der Waals surface area contributed by atoms with E-state index in [1.54, 1.807) is 24.3 Å². The Kier molecular flexibility index (Phi) is 4.02. The zero-order valence-electron chi connectivity index (χ0n) is 9.99. The number of anilines is 1. The number of hydrogen-bond acceptors (Lipinski definition) is 2. The summed E-state index contributed by atoms with van der Waals surface area (Å²) < 4.78 is 13.5. The van der Waals surface area contributed by atoms with Gasteiger partial charge in [0, 0.05) is 12.2 Å². The van der Waals surface area contributed by atoms with Crippen molar-refractivity contribution < 1.29 is 9.18 Å². The Balaban J connectivity index is 2.07. The number of nitrogens with one attached hydrogen (secondary N) is 1. The summed E-state index contributed by atoms with van der Waals surface area (Å²) in [7, 11) is 0. The number of hydrogen-bond donors (Lipinski definition) is 2. The molecule has 0 saturated carbocycles. The average molecular weight is 279 g/mol. The molecule has 98 valence electrons. The van der Waals surface area contributed by atoms with Gasteiger partial charge >= 0.3 is 0 Å². The molecule has 0 fully saturated rings. The molecule has 0 atom stereocenters. The molecule has 5 heteroatoms. The summed E-state index contributed by atoms with van der Waals surface area (Å²) in [6, 6.07) is 11.2. The molecule has 0 aliphatic rings. The lowest BCUT2D eigenvalue weighted by Gasteiger charge is -2.08. The van der Waals surface area contributed by atoms with Gasteiger partial charge in [0.1, 0.15) is 5.82 Å². The highest BCUT2D eigenvalue weighted by atomic mass is 35.5. The van der Waals surface area contributed by atoms with E-state index in [2.05, 4.69) is 5.32 Å². The fourth-order valence-corrected chi connectivity index (χ4v) is 1.87. The van der Waals surface area contributed by atoms with Crippen molar-refractivity contribution in [1.29, 1.82) is 0 Å². The number of rotatable bonds is 3. The van der Waals surface area contributed by atoms with E-state index in [1.165, 1.54) is 18.2 Å². The Hall–Kier alpha value is -2.07. The van der Waals surface area contributed by atoms with Crippen LogP contribution in [0.4, 0.5) is 10.1 Å². The second kappa shape index (κ2) is 5.71. The van der Waals surface area contributed by atoms with Crippen LogP contribution in [0, 0.1) is 5.82 Å². The predicted octanol–water partition coefficient (Wildman–Crippen LogP) is 2.99. The largest absolute Gasteiger partial charge is 0.399 e. The van der Waals surface area contributed by atoms with Crippen LogP contribution in [0.15, 0.2) is 42.5 Å². The summed E-state index contributed by atoms with van der Waals surface area (Å²) in [6.07, 6.45) is 0. The molecule has 19 heavy (non-hydrogen) atoms. The van der Waals surface area contributed by atoms with Crippen LogP contribution in [0.5, 0.6) is 0 Å². The van der Waals surface area contributed by atoms with Crippen molar-refractivity contribution >= 4 is 23.2 Å². The van der Waals surface area contributed by atoms with Crippen molar-refractivity contribution in [2.45, 2.75) is 6.54 Å². The lowest BCUT2D eigenvalue weighted by molar-refractivity contribution is 0.0947. The normalized spacial score (nSPS) is 10.2. The van der Waals surface area contributed by atoms with Gasteiger partial charge in [-0.25, -0.2) is 4.39 Å². The minimum atomic E-state index is -0.637. The van der Waals surface area contributed by atoms with Gasteiger partial charge in [0.05, 0.1) is 10.6 Å². The van der Waals surface area contributed by atoms with Gasteiger partial charge in [-0.2, -0.15) is 0 Å². The molecule has 1 amide bonds. The van der Waals surface area contributed by atoms with Crippen LogP contribution in [-0.2, 0) is 6.54 Å². The molecule has 3 N–H and O–H groups in total. The molecule has 0 spiro atoms. The highest BCUT2D eigenvalue weighted by Gasteiger charge is 2.15. The number of amides is 1. The molecule has 0 unspecified atom stereocenters. The van der Waals surface area contributed by atoms with Crippen LogP contribution in [-0.4, -0.2) is 5.91 Å². The van der Waals surface area contributed by atoms with Crippen molar-refractivity contribution in [3.63, 3.8) is 0 Å². The highest BCUT2D eigenvalue weighted by Crippen LogP contribution is 2.18. The minimum absolute atomic E-state index is 0.0924. The molecular weight excluding hydrogens is 267 g/mol. The van der Waals surface area contributed by atoms with Crippen molar-refractivity contribution in [1.82, 2.24) is 5.32 Å². The van der Waals surface area contributed by atoms with Crippen LogP contribution in [0.1, 0.15) is 15.9 Å². The zero-order valence-corrected chi connectivity index (χ0v) is 10.7. The topological polar surface area (TPSA) is 55.1 Å². The first kappa shape index (κ1) is 13.4. The van der Waals surface area contributed by atoms with Gasteiger partial charge in [0.2, 0.25) is 0 Å². The molecule has 2 aromatic rings. The second-order valence-electron chi connectivity index (χ2n) is 4.02.